The first kappa shape index (κ1) is 20.0. The molecule has 1 aliphatic heterocycles. The van der Waals surface area contributed by atoms with Gasteiger partial charge in [0.15, 0.2) is 0 Å². The summed E-state index contributed by atoms with van der Waals surface area (Å²) in [6.07, 6.45) is 4.67. The number of nitrogens with one attached hydrogen (secondary N) is 1. The fourth-order valence-corrected chi connectivity index (χ4v) is 3.66. The van der Waals surface area contributed by atoms with Crippen LogP contribution >= 0.6 is 0 Å². The number of hydrogen-bond acceptors (Lipinski definition) is 4. The molecule has 2 rings (SSSR count). The molecule has 1 atom stereocenters. The Hall–Kier alpha value is -1.34. The molecule has 0 aromatic rings. The second kappa shape index (κ2) is 8.85. The molecule has 2 fully saturated rings. The van der Waals surface area contributed by atoms with Gasteiger partial charge in [0, 0.05) is 26.2 Å². The summed E-state index contributed by atoms with van der Waals surface area (Å²) in [4.78, 5) is 26.7. The molecule has 1 saturated heterocycles. The van der Waals surface area contributed by atoms with Gasteiger partial charge >= 0.3 is 12.0 Å². The number of likely N-dealkylation sites (N-methyl/N-ethyl adjacent to an activating group) is 1. The third kappa shape index (κ3) is 6.82. The van der Waals surface area contributed by atoms with Crippen LogP contribution in [0.3, 0.4) is 0 Å². The zero-order valence-corrected chi connectivity index (χ0v) is 15.8. The number of carboxylic acids is 1. The van der Waals surface area contributed by atoms with Crippen LogP contribution < -0.4 is 5.32 Å². The smallest absolute Gasteiger partial charge is 0.317 e. The Morgan fingerprint density at radius 2 is 2.00 bits per heavy atom. The first-order chi connectivity index (χ1) is 11.7. The summed E-state index contributed by atoms with van der Waals surface area (Å²) in [6, 6.07) is -0.0287. The fourth-order valence-electron chi connectivity index (χ4n) is 3.66. The Labute approximate surface area is 150 Å². The van der Waals surface area contributed by atoms with E-state index in [-0.39, 0.29) is 18.7 Å². The molecule has 0 radical (unpaired) electrons. The molecular formula is C18H33N3O4. The molecule has 2 aliphatic rings. The van der Waals surface area contributed by atoms with Crippen molar-refractivity contribution in [3.05, 3.63) is 0 Å². The Morgan fingerprint density at radius 3 is 2.64 bits per heavy atom. The van der Waals surface area contributed by atoms with E-state index in [1.54, 1.807) is 16.8 Å². The molecule has 0 aromatic heterocycles. The number of amides is 2. The molecule has 7 nitrogen and oxygen atoms in total. The van der Waals surface area contributed by atoms with Gasteiger partial charge in [-0.25, -0.2) is 4.79 Å². The molecular weight excluding hydrogens is 322 g/mol. The van der Waals surface area contributed by atoms with E-state index >= 15 is 0 Å². The summed E-state index contributed by atoms with van der Waals surface area (Å²) in [6.45, 7) is 7.45. The number of nitrogens with zero attached hydrogens (tertiary/aromatic N) is 2. The zero-order valence-electron chi connectivity index (χ0n) is 15.8. The number of ether oxygens (including phenoxy) is 1. The lowest BCUT2D eigenvalue weighted by Crippen LogP contribution is -2.53. The van der Waals surface area contributed by atoms with Gasteiger partial charge < -0.3 is 20.1 Å². The standard InChI is InChI=1S/C18H33N3O4/c1-18(2)6-4-14(5-7-18)10-19-17(24)21-8-9-25-15(12-21)11-20(3)13-16(22)23/h14-15H,4-13H2,1-3H3,(H,19,24)(H,22,23). The molecule has 25 heavy (non-hydrogen) atoms. The van der Waals surface area contributed by atoms with Crippen molar-refractivity contribution < 1.29 is 19.4 Å². The number of carboxylic acid groups (broad SMARTS) is 1. The Kier molecular flexibility index (Phi) is 7.07. The quantitative estimate of drug-likeness (QED) is 0.757. The first-order valence-corrected chi connectivity index (χ1v) is 9.30. The van der Waals surface area contributed by atoms with Gasteiger partial charge in [0.05, 0.1) is 19.3 Å². The van der Waals surface area contributed by atoms with Crippen LogP contribution in [0.15, 0.2) is 0 Å². The predicted molar refractivity (Wildman–Crippen MR) is 95.6 cm³/mol. The summed E-state index contributed by atoms with van der Waals surface area (Å²) in [7, 11) is 1.75. The molecule has 2 amide bonds. The van der Waals surface area contributed by atoms with Crippen LogP contribution in [-0.4, -0.2) is 79.4 Å². The van der Waals surface area contributed by atoms with Gasteiger partial charge in [0.1, 0.15) is 0 Å². The van der Waals surface area contributed by atoms with E-state index in [0.29, 0.717) is 37.6 Å². The minimum Gasteiger partial charge on any atom is -0.480 e. The van der Waals surface area contributed by atoms with Crippen LogP contribution in [0.5, 0.6) is 0 Å². The molecule has 1 unspecified atom stereocenters. The Bertz CT molecular complexity index is 459. The molecule has 1 saturated carbocycles. The topological polar surface area (TPSA) is 82.1 Å². The second-order valence-electron chi connectivity index (χ2n) is 8.32. The van der Waals surface area contributed by atoms with E-state index in [4.69, 9.17) is 9.84 Å². The number of hydrogen-bond donors (Lipinski definition) is 2. The van der Waals surface area contributed by atoms with Crippen LogP contribution in [-0.2, 0) is 9.53 Å². The van der Waals surface area contributed by atoms with Crippen molar-refractivity contribution in [3.63, 3.8) is 0 Å². The van der Waals surface area contributed by atoms with E-state index in [1.807, 2.05) is 0 Å². The van der Waals surface area contributed by atoms with Crippen molar-refractivity contribution in [1.82, 2.24) is 15.1 Å². The summed E-state index contributed by atoms with van der Waals surface area (Å²) in [5.74, 6) is -0.279. The highest BCUT2D eigenvalue weighted by molar-refractivity contribution is 5.74. The van der Waals surface area contributed by atoms with Crippen LogP contribution in [0, 0.1) is 11.3 Å². The van der Waals surface area contributed by atoms with Crippen LogP contribution in [0.25, 0.3) is 0 Å². The Balaban J connectivity index is 1.71. The first-order valence-electron chi connectivity index (χ1n) is 9.30. The molecule has 1 aliphatic carbocycles. The lowest BCUT2D eigenvalue weighted by atomic mass is 9.73. The number of morpholine rings is 1. The fraction of sp³-hybridized carbons (Fsp3) is 0.889. The average Bonchev–Trinajstić information content (AvgIpc) is 2.53. The van der Waals surface area contributed by atoms with Crippen molar-refractivity contribution in [2.75, 3.05) is 46.4 Å². The zero-order chi connectivity index (χ0) is 18.4. The van der Waals surface area contributed by atoms with Gasteiger partial charge in [0.25, 0.3) is 0 Å². The summed E-state index contributed by atoms with van der Waals surface area (Å²) in [5.41, 5.74) is 0.444. The summed E-state index contributed by atoms with van der Waals surface area (Å²) < 4.78 is 5.67. The number of rotatable bonds is 6. The van der Waals surface area contributed by atoms with Gasteiger partial charge in [0.2, 0.25) is 0 Å². The highest BCUT2D eigenvalue weighted by Crippen LogP contribution is 2.37. The Morgan fingerprint density at radius 1 is 1.32 bits per heavy atom. The normalized spacial score (nSPS) is 24.3. The van der Waals surface area contributed by atoms with Crippen molar-refractivity contribution in [2.45, 2.75) is 45.6 Å². The van der Waals surface area contributed by atoms with E-state index in [2.05, 4.69) is 19.2 Å². The lowest BCUT2D eigenvalue weighted by molar-refractivity contribution is -0.138. The minimum absolute atomic E-state index is 0.0237. The number of carbonyl (C=O) groups excluding carboxylic acids is 1. The third-order valence-corrected chi connectivity index (χ3v) is 5.35. The van der Waals surface area contributed by atoms with Crippen LogP contribution in [0.4, 0.5) is 4.79 Å². The van der Waals surface area contributed by atoms with Crippen molar-refractivity contribution in [1.29, 1.82) is 0 Å². The predicted octanol–water partition coefficient (Wildman–Crippen LogP) is 1.63. The monoisotopic (exact) mass is 355 g/mol. The molecule has 0 spiro atoms. The van der Waals surface area contributed by atoms with E-state index in [0.717, 1.165) is 6.54 Å². The van der Waals surface area contributed by atoms with Crippen LogP contribution in [0.1, 0.15) is 39.5 Å². The van der Waals surface area contributed by atoms with Gasteiger partial charge in [-0.15, -0.1) is 0 Å². The molecule has 144 valence electrons. The maximum Gasteiger partial charge on any atom is 0.317 e. The average molecular weight is 355 g/mol. The van der Waals surface area contributed by atoms with Gasteiger partial charge in [-0.1, -0.05) is 13.8 Å². The molecule has 2 N–H and O–H groups in total. The van der Waals surface area contributed by atoms with Gasteiger partial charge in [-0.2, -0.15) is 0 Å². The molecule has 7 heteroatoms. The highest BCUT2D eigenvalue weighted by Gasteiger charge is 2.29. The molecule has 0 bridgehead atoms. The lowest BCUT2D eigenvalue weighted by Gasteiger charge is -2.36. The molecule has 0 aromatic carbocycles. The number of aliphatic carboxylic acids is 1. The van der Waals surface area contributed by atoms with Gasteiger partial charge in [-0.3, -0.25) is 9.69 Å². The van der Waals surface area contributed by atoms with Gasteiger partial charge in [-0.05, 0) is 44.1 Å². The highest BCUT2D eigenvalue weighted by atomic mass is 16.5. The van der Waals surface area contributed by atoms with Crippen molar-refractivity contribution in [3.8, 4) is 0 Å². The summed E-state index contributed by atoms with van der Waals surface area (Å²) in [5, 5.41) is 11.9. The SMILES string of the molecule is CN(CC(=O)O)CC1CN(C(=O)NCC2CCC(C)(C)CC2)CCO1. The molecule has 1 heterocycles. The van der Waals surface area contributed by atoms with Crippen molar-refractivity contribution >= 4 is 12.0 Å². The maximum atomic E-state index is 12.4. The van der Waals surface area contributed by atoms with E-state index < -0.39 is 5.97 Å². The second-order valence-corrected chi connectivity index (χ2v) is 8.32. The van der Waals surface area contributed by atoms with Crippen LogP contribution in [0.2, 0.25) is 0 Å². The largest absolute Gasteiger partial charge is 0.480 e. The number of carbonyl (C=O) groups is 2. The minimum atomic E-state index is -0.858. The maximum absolute atomic E-state index is 12.4. The van der Waals surface area contributed by atoms with E-state index in [9.17, 15) is 9.59 Å². The van der Waals surface area contributed by atoms with Crippen molar-refractivity contribution in [2.24, 2.45) is 11.3 Å². The third-order valence-electron chi connectivity index (χ3n) is 5.35. The van der Waals surface area contributed by atoms with E-state index in [1.165, 1.54) is 25.7 Å². The number of urea groups is 1. The summed E-state index contributed by atoms with van der Waals surface area (Å²) >= 11 is 0.